The molecule has 2 N–H and O–H groups in total. The minimum Gasteiger partial charge on any atom is -0.318 e. The molecule has 0 fully saturated rings. The van der Waals surface area contributed by atoms with Gasteiger partial charge in [-0.15, -0.1) is 0 Å². The monoisotopic (exact) mass is 322 g/mol. The van der Waals surface area contributed by atoms with Gasteiger partial charge in [-0.05, 0) is 52.0 Å². The molecule has 0 aliphatic carbocycles. The van der Waals surface area contributed by atoms with Crippen LogP contribution in [0.5, 0.6) is 0 Å². The lowest BCUT2D eigenvalue weighted by Gasteiger charge is -2.17. The van der Waals surface area contributed by atoms with Gasteiger partial charge in [0.25, 0.3) is 0 Å². The van der Waals surface area contributed by atoms with E-state index in [1.165, 1.54) is 11.0 Å². The second kappa shape index (κ2) is 7.90. The first-order valence-corrected chi connectivity index (χ1v) is 8.92. The normalized spacial score (nSPS) is 11.9. The van der Waals surface area contributed by atoms with E-state index in [2.05, 4.69) is 61.1 Å². The number of nitrogens with one attached hydrogen (secondary N) is 2. The fraction of sp³-hybridized carbons (Fsp3) is 0.588. The molecule has 22 heavy (non-hydrogen) atoms. The van der Waals surface area contributed by atoms with Gasteiger partial charge in [-0.1, -0.05) is 12.1 Å². The highest BCUT2D eigenvalue weighted by Crippen LogP contribution is 2.16. The summed E-state index contributed by atoms with van der Waals surface area (Å²) in [6.07, 6.45) is 0. The van der Waals surface area contributed by atoms with Gasteiger partial charge in [0.05, 0.1) is 37.2 Å². The Morgan fingerprint density at radius 2 is 1.14 bits per heavy atom. The summed E-state index contributed by atoms with van der Waals surface area (Å²) in [6, 6.07) is 8.61. The maximum atomic E-state index is 5.82. The minimum absolute atomic E-state index is 0.951. The number of hydrogen-bond donors (Lipinski definition) is 2. The fourth-order valence-electron chi connectivity index (χ4n) is 2.97. The predicted molar refractivity (Wildman–Crippen MR) is 94.9 cm³/mol. The highest BCUT2D eigenvalue weighted by molar-refractivity contribution is 7.71. The first kappa shape index (κ1) is 17.2. The van der Waals surface area contributed by atoms with Crippen molar-refractivity contribution in [3.63, 3.8) is 0 Å². The maximum absolute atomic E-state index is 5.82. The minimum atomic E-state index is 0.951. The van der Waals surface area contributed by atoms with Gasteiger partial charge in [0.2, 0.25) is 0 Å². The summed E-state index contributed by atoms with van der Waals surface area (Å²) < 4.78 is 5.59. The van der Waals surface area contributed by atoms with E-state index in [-0.39, 0.29) is 0 Å². The van der Waals surface area contributed by atoms with E-state index in [0.717, 1.165) is 44.3 Å². The molecular formula is C17H30N4S+2. The number of rotatable bonds is 8. The third kappa shape index (κ3) is 3.42. The van der Waals surface area contributed by atoms with E-state index in [4.69, 9.17) is 12.2 Å². The van der Waals surface area contributed by atoms with E-state index < -0.39 is 0 Å². The molecule has 0 aliphatic rings. The quantitative estimate of drug-likeness (QED) is 0.693. The Bertz CT molecular complexity index is 596. The Morgan fingerprint density at radius 3 is 1.45 bits per heavy atom. The summed E-state index contributed by atoms with van der Waals surface area (Å²) in [7, 11) is 0. The molecule has 1 aromatic carbocycles. The van der Waals surface area contributed by atoms with Crippen LogP contribution in [0.3, 0.4) is 0 Å². The van der Waals surface area contributed by atoms with Crippen molar-refractivity contribution in [3.8, 4) is 0 Å². The molecule has 2 aromatic rings. The predicted octanol–water partition coefficient (Wildman–Crippen LogP) is 0.937. The van der Waals surface area contributed by atoms with Crippen LogP contribution in [0.25, 0.3) is 11.0 Å². The Labute approximate surface area is 138 Å². The molecule has 0 unspecified atom stereocenters. The molecule has 0 radical (unpaired) electrons. The molecule has 4 nitrogen and oxygen atoms in total. The molecule has 0 aliphatic heterocycles. The number of para-hydroxylation sites is 2. The van der Waals surface area contributed by atoms with Crippen molar-refractivity contribution in [3.05, 3.63) is 29.0 Å². The number of fused-ring (bicyclic) bond motifs is 1. The van der Waals surface area contributed by atoms with Crippen LogP contribution >= 0.6 is 12.2 Å². The molecule has 0 saturated heterocycles. The zero-order chi connectivity index (χ0) is 16.1. The van der Waals surface area contributed by atoms with E-state index in [1.807, 2.05) is 0 Å². The van der Waals surface area contributed by atoms with E-state index in [1.54, 1.807) is 9.80 Å². The lowest BCUT2D eigenvalue weighted by molar-refractivity contribution is -0.920. The molecule has 1 aromatic heterocycles. The molecule has 1 heterocycles. The average molecular weight is 323 g/mol. The van der Waals surface area contributed by atoms with Crippen LogP contribution in [-0.4, -0.2) is 35.3 Å². The van der Waals surface area contributed by atoms with Crippen LogP contribution in [0.4, 0.5) is 0 Å². The summed E-state index contributed by atoms with van der Waals surface area (Å²) in [5.74, 6) is 0. The smallest absolute Gasteiger partial charge is 0.189 e. The lowest BCUT2D eigenvalue weighted by atomic mass is 10.3. The summed E-state index contributed by atoms with van der Waals surface area (Å²) in [6.45, 7) is 15.4. The summed E-state index contributed by atoms with van der Waals surface area (Å²) in [5, 5.41) is 0. The molecule has 5 heteroatoms. The van der Waals surface area contributed by atoms with E-state index >= 15 is 0 Å². The molecule has 0 bridgehead atoms. The van der Waals surface area contributed by atoms with Crippen molar-refractivity contribution in [2.75, 3.05) is 26.2 Å². The topological polar surface area (TPSA) is 18.7 Å². The number of nitrogens with zero attached hydrogens (tertiary/aromatic N) is 2. The van der Waals surface area contributed by atoms with Gasteiger partial charge >= 0.3 is 0 Å². The summed E-state index contributed by atoms with van der Waals surface area (Å²) in [5.41, 5.74) is 2.52. The van der Waals surface area contributed by atoms with Gasteiger partial charge in [0.15, 0.2) is 18.1 Å². The van der Waals surface area contributed by atoms with Crippen molar-refractivity contribution in [1.82, 2.24) is 9.13 Å². The summed E-state index contributed by atoms with van der Waals surface area (Å²) >= 11 is 5.82. The zero-order valence-electron chi connectivity index (χ0n) is 14.4. The van der Waals surface area contributed by atoms with Crippen LogP contribution in [0.1, 0.15) is 27.7 Å². The third-order valence-electron chi connectivity index (χ3n) is 4.69. The molecule has 0 spiro atoms. The standard InChI is InChI=1S/C17H28N4S/c1-5-18(6-2)13-20-15-11-9-10-12-16(15)21(17(20)22)14-19(7-3)8-4/h9-12H,5-8,13-14H2,1-4H3/p+2. The van der Waals surface area contributed by atoms with Crippen LogP contribution in [0, 0.1) is 4.77 Å². The average Bonchev–Trinajstić information content (AvgIpc) is 2.82. The van der Waals surface area contributed by atoms with E-state index in [9.17, 15) is 0 Å². The molecule has 0 saturated carbocycles. The second-order valence-corrected chi connectivity index (χ2v) is 6.22. The van der Waals surface area contributed by atoms with Gasteiger partial charge in [-0.25, -0.2) is 0 Å². The van der Waals surface area contributed by atoms with Gasteiger partial charge in [-0.3, -0.25) is 9.13 Å². The van der Waals surface area contributed by atoms with Crippen LogP contribution in [0.15, 0.2) is 24.3 Å². The molecular weight excluding hydrogens is 292 g/mol. The van der Waals surface area contributed by atoms with Gasteiger partial charge in [0, 0.05) is 0 Å². The Morgan fingerprint density at radius 1 is 0.773 bits per heavy atom. The number of imidazole rings is 1. The van der Waals surface area contributed by atoms with Gasteiger partial charge in [0.1, 0.15) is 0 Å². The number of aromatic nitrogens is 2. The van der Waals surface area contributed by atoms with Crippen molar-refractivity contribution in [2.24, 2.45) is 0 Å². The largest absolute Gasteiger partial charge is 0.318 e. The van der Waals surface area contributed by atoms with Crippen molar-refractivity contribution in [1.29, 1.82) is 0 Å². The van der Waals surface area contributed by atoms with Crippen molar-refractivity contribution >= 4 is 23.3 Å². The maximum Gasteiger partial charge on any atom is 0.189 e. The Kier molecular flexibility index (Phi) is 6.17. The Balaban J connectivity index is 2.49. The van der Waals surface area contributed by atoms with Crippen LogP contribution in [0.2, 0.25) is 0 Å². The highest BCUT2D eigenvalue weighted by Gasteiger charge is 2.16. The molecule has 122 valence electrons. The van der Waals surface area contributed by atoms with Crippen LogP contribution in [-0.2, 0) is 13.3 Å². The first-order chi connectivity index (χ1) is 10.7. The number of quaternary nitrogens is 2. The SMILES string of the molecule is CC[NH+](CC)Cn1c(=S)n(C[NH+](CC)CC)c2ccccc21. The number of benzene rings is 1. The highest BCUT2D eigenvalue weighted by atomic mass is 32.1. The van der Waals surface area contributed by atoms with Crippen LogP contribution < -0.4 is 9.80 Å². The molecule has 2 rings (SSSR count). The number of hydrogen-bond acceptors (Lipinski definition) is 1. The molecule has 0 amide bonds. The third-order valence-corrected chi connectivity index (χ3v) is 5.13. The first-order valence-electron chi connectivity index (χ1n) is 8.51. The van der Waals surface area contributed by atoms with Gasteiger partial charge in [-0.2, -0.15) is 0 Å². The summed E-state index contributed by atoms with van der Waals surface area (Å²) in [4.78, 5) is 3.10. The van der Waals surface area contributed by atoms with Crippen molar-refractivity contribution in [2.45, 2.75) is 41.0 Å². The van der Waals surface area contributed by atoms with E-state index in [0.29, 0.717) is 0 Å². The lowest BCUT2D eigenvalue weighted by Crippen LogP contribution is -3.11. The fourth-order valence-corrected chi connectivity index (χ4v) is 3.30. The molecule has 0 atom stereocenters. The Hall–Kier alpha value is -1.17. The zero-order valence-corrected chi connectivity index (χ0v) is 15.2. The second-order valence-electron chi connectivity index (χ2n) is 5.86. The van der Waals surface area contributed by atoms with Gasteiger partial charge < -0.3 is 9.80 Å². The van der Waals surface area contributed by atoms with Crippen molar-refractivity contribution < 1.29 is 9.80 Å².